The molecule has 2 aromatic heterocycles. The zero-order chi connectivity index (χ0) is 13.7. The van der Waals surface area contributed by atoms with Gasteiger partial charge < -0.3 is 5.32 Å². The molecule has 0 fully saturated rings. The van der Waals surface area contributed by atoms with Crippen LogP contribution in [0.15, 0.2) is 33.4 Å². The Labute approximate surface area is 126 Å². The van der Waals surface area contributed by atoms with Crippen LogP contribution in [-0.2, 0) is 13.1 Å². The van der Waals surface area contributed by atoms with Crippen LogP contribution in [0.1, 0.15) is 18.2 Å². The van der Waals surface area contributed by atoms with Crippen LogP contribution in [0.4, 0.5) is 5.82 Å². The normalized spacial score (nSPS) is 10.9. The Kier molecular flexibility index (Phi) is 5.36. The number of pyridine rings is 1. The van der Waals surface area contributed by atoms with Gasteiger partial charge in [0.15, 0.2) is 0 Å². The summed E-state index contributed by atoms with van der Waals surface area (Å²) in [6.45, 7) is 4.77. The summed E-state index contributed by atoms with van der Waals surface area (Å²) in [5, 5.41) is 5.42. The third-order valence-electron chi connectivity index (χ3n) is 2.67. The second-order valence-corrected chi connectivity index (χ2v) is 6.77. The molecule has 0 aliphatic heterocycles. The van der Waals surface area contributed by atoms with Crippen molar-refractivity contribution < 1.29 is 0 Å². The fraction of sp³-hybridized carbons (Fsp3) is 0.357. The first-order valence-electron chi connectivity index (χ1n) is 6.28. The monoisotopic (exact) mass is 339 g/mol. The molecule has 102 valence electrons. The number of halogens is 1. The van der Waals surface area contributed by atoms with Crippen molar-refractivity contribution in [3.8, 4) is 0 Å². The summed E-state index contributed by atoms with van der Waals surface area (Å²) in [6, 6.07) is 8.29. The number of thiophene rings is 1. The third kappa shape index (κ3) is 4.60. The van der Waals surface area contributed by atoms with Gasteiger partial charge >= 0.3 is 0 Å². The molecule has 0 saturated heterocycles. The van der Waals surface area contributed by atoms with Gasteiger partial charge in [-0.1, -0.05) is 6.07 Å². The number of hydrogen-bond acceptors (Lipinski definition) is 4. The molecule has 0 atom stereocenters. The first-order chi connectivity index (χ1) is 9.17. The van der Waals surface area contributed by atoms with E-state index in [4.69, 9.17) is 0 Å². The zero-order valence-electron chi connectivity index (χ0n) is 11.2. The summed E-state index contributed by atoms with van der Waals surface area (Å²) in [4.78, 5) is 6.86. The minimum Gasteiger partial charge on any atom is -0.370 e. The van der Waals surface area contributed by atoms with Crippen LogP contribution in [0.3, 0.4) is 0 Å². The van der Waals surface area contributed by atoms with Crippen LogP contribution in [0.25, 0.3) is 0 Å². The van der Waals surface area contributed by atoms with Crippen molar-refractivity contribution in [3.63, 3.8) is 0 Å². The third-order valence-corrected chi connectivity index (χ3v) is 4.22. The van der Waals surface area contributed by atoms with Crippen LogP contribution >= 0.6 is 27.3 Å². The number of rotatable bonds is 6. The van der Waals surface area contributed by atoms with Gasteiger partial charge in [0.25, 0.3) is 0 Å². The highest BCUT2D eigenvalue weighted by molar-refractivity contribution is 9.11. The summed E-state index contributed by atoms with van der Waals surface area (Å²) in [6.07, 6.45) is 0. The van der Waals surface area contributed by atoms with Crippen molar-refractivity contribution in [2.24, 2.45) is 0 Å². The lowest BCUT2D eigenvalue weighted by molar-refractivity contribution is 0.315. The van der Waals surface area contributed by atoms with Crippen LogP contribution < -0.4 is 5.32 Å². The second-order valence-electron chi connectivity index (χ2n) is 4.48. The fourth-order valence-corrected chi connectivity index (χ4v) is 3.12. The van der Waals surface area contributed by atoms with Gasteiger partial charge in [-0.2, -0.15) is 0 Å². The Morgan fingerprint density at radius 1 is 1.37 bits per heavy atom. The Bertz CT molecular complexity index is 527. The highest BCUT2D eigenvalue weighted by Gasteiger charge is 2.05. The van der Waals surface area contributed by atoms with Crippen molar-refractivity contribution in [3.05, 3.63) is 44.7 Å². The van der Waals surface area contributed by atoms with E-state index in [1.54, 1.807) is 11.3 Å². The number of nitrogens with one attached hydrogen (secondary N) is 1. The molecule has 0 aromatic carbocycles. The van der Waals surface area contributed by atoms with Gasteiger partial charge in [0.1, 0.15) is 5.82 Å². The molecular formula is C14H18BrN3S. The van der Waals surface area contributed by atoms with E-state index in [2.05, 4.69) is 68.7 Å². The number of aromatic nitrogens is 1. The quantitative estimate of drug-likeness (QED) is 0.862. The minimum absolute atomic E-state index is 0.854. The Morgan fingerprint density at radius 2 is 2.21 bits per heavy atom. The predicted octanol–water partition coefficient (Wildman–Crippen LogP) is 3.97. The average molecular weight is 340 g/mol. The van der Waals surface area contributed by atoms with Gasteiger partial charge in [0.05, 0.1) is 9.48 Å². The van der Waals surface area contributed by atoms with Crippen molar-refractivity contribution in [1.29, 1.82) is 0 Å². The van der Waals surface area contributed by atoms with Gasteiger partial charge in [-0.3, -0.25) is 4.90 Å². The molecule has 0 unspecified atom stereocenters. The Balaban J connectivity index is 1.94. The molecule has 2 rings (SSSR count). The number of nitrogens with zero attached hydrogens (tertiary/aromatic N) is 2. The van der Waals surface area contributed by atoms with Gasteiger partial charge in [-0.15, -0.1) is 11.3 Å². The second kappa shape index (κ2) is 7.03. The van der Waals surface area contributed by atoms with Crippen LogP contribution in [-0.4, -0.2) is 23.5 Å². The fourth-order valence-electron chi connectivity index (χ4n) is 1.92. The van der Waals surface area contributed by atoms with E-state index in [9.17, 15) is 0 Å². The molecule has 0 saturated carbocycles. The Hall–Kier alpha value is -0.910. The van der Waals surface area contributed by atoms with E-state index in [1.165, 1.54) is 9.35 Å². The largest absolute Gasteiger partial charge is 0.370 e. The molecule has 0 aliphatic rings. The smallest absolute Gasteiger partial charge is 0.126 e. The summed E-state index contributed by atoms with van der Waals surface area (Å²) in [5.74, 6) is 0.951. The van der Waals surface area contributed by atoms with Crippen molar-refractivity contribution in [2.75, 3.05) is 18.9 Å². The maximum atomic E-state index is 4.59. The lowest BCUT2D eigenvalue weighted by Crippen LogP contribution is -2.18. The van der Waals surface area contributed by atoms with E-state index < -0.39 is 0 Å². The Morgan fingerprint density at radius 3 is 2.89 bits per heavy atom. The van der Waals surface area contributed by atoms with E-state index in [0.717, 1.165) is 31.1 Å². The first kappa shape index (κ1) is 14.5. The maximum Gasteiger partial charge on any atom is 0.126 e. The average Bonchev–Trinajstić information content (AvgIpc) is 2.75. The molecule has 3 nitrogen and oxygen atoms in total. The van der Waals surface area contributed by atoms with E-state index in [-0.39, 0.29) is 0 Å². The summed E-state index contributed by atoms with van der Waals surface area (Å²) < 4.78 is 1.18. The topological polar surface area (TPSA) is 28.2 Å². The highest BCUT2D eigenvalue weighted by Crippen LogP contribution is 2.21. The molecule has 0 bridgehead atoms. The van der Waals surface area contributed by atoms with Gasteiger partial charge in [0.2, 0.25) is 0 Å². The SMILES string of the molecule is CCNc1cccc(CN(C)Cc2csc(Br)c2)n1. The molecule has 2 heterocycles. The van der Waals surface area contributed by atoms with E-state index in [0.29, 0.717) is 0 Å². The van der Waals surface area contributed by atoms with Gasteiger partial charge in [-0.05, 0) is 59.0 Å². The van der Waals surface area contributed by atoms with Crippen molar-refractivity contribution in [2.45, 2.75) is 20.0 Å². The number of hydrogen-bond donors (Lipinski definition) is 1. The summed E-state index contributed by atoms with van der Waals surface area (Å²) in [7, 11) is 2.12. The standard InChI is InChI=1S/C14H18BrN3S/c1-3-16-14-6-4-5-12(17-14)9-18(2)8-11-7-13(15)19-10-11/h4-7,10H,3,8-9H2,1-2H3,(H,16,17). The van der Waals surface area contributed by atoms with Crippen LogP contribution in [0.2, 0.25) is 0 Å². The van der Waals surface area contributed by atoms with Crippen molar-refractivity contribution >= 4 is 33.1 Å². The lowest BCUT2D eigenvalue weighted by atomic mass is 10.3. The maximum absolute atomic E-state index is 4.59. The molecule has 0 amide bonds. The summed E-state index contributed by atoms with van der Waals surface area (Å²) in [5.41, 5.74) is 2.43. The van der Waals surface area contributed by atoms with E-state index >= 15 is 0 Å². The molecule has 5 heteroatoms. The lowest BCUT2D eigenvalue weighted by Gasteiger charge is -2.15. The molecule has 2 aromatic rings. The highest BCUT2D eigenvalue weighted by atomic mass is 79.9. The molecule has 19 heavy (non-hydrogen) atoms. The molecule has 0 aliphatic carbocycles. The van der Waals surface area contributed by atoms with Crippen LogP contribution in [0, 0.1) is 0 Å². The molecule has 1 N–H and O–H groups in total. The van der Waals surface area contributed by atoms with Gasteiger partial charge in [0, 0.05) is 19.6 Å². The zero-order valence-corrected chi connectivity index (χ0v) is 13.6. The minimum atomic E-state index is 0.854. The number of anilines is 1. The van der Waals surface area contributed by atoms with Crippen LogP contribution in [0.5, 0.6) is 0 Å². The molecular weight excluding hydrogens is 322 g/mol. The summed E-state index contributed by atoms with van der Waals surface area (Å²) >= 11 is 5.22. The van der Waals surface area contributed by atoms with E-state index in [1.807, 2.05) is 6.07 Å². The molecule has 0 spiro atoms. The van der Waals surface area contributed by atoms with Crippen molar-refractivity contribution in [1.82, 2.24) is 9.88 Å². The van der Waals surface area contributed by atoms with Gasteiger partial charge in [-0.25, -0.2) is 4.98 Å². The first-order valence-corrected chi connectivity index (χ1v) is 7.96. The molecule has 0 radical (unpaired) electrons. The predicted molar refractivity (Wildman–Crippen MR) is 85.6 cm³/mol.